The van der Waals surface area contributed by atoms with E-state index in [0.717, 1.165) is 6.42 Å². The summed E-state index contributed by atoms with van der Waals surface area (Å²) in [6.45, 7) is 2.09. The Kier molecular flexibility index (Phi) is 4.20. The molecule has 0 aliphatic heterocycles. The van der Waals surface area contributed by atoms with Crippen LogP contribution in [0, 0.1) is 0 Å². The van der Waals surface area contributed by atoms with E-state index >= 15 is 0 Å². The Balaban J connectivity index is 2.26. The zero-order chi connectivity index (χ0) is 13.7. The van der Waals surface area contributed by atoms with Gasteiger partial charge in [-0.15, -0.1) is 0 Å². The summed E-state index contributed by atoms with van der Waals surface area (Å²) in [5, 5.41) is 0. The minimum atomic E-state index is 0.456. The minimum absolute atomic E-state index is 0.456. The number of aryl methyl sites for hydroxylation is 1. The van der Waals surface area contributed by atoms with Gasteiger partial charge in [0.05, 0.1) is 7.11 Å². The molecule has 0 bridgehead atoms. The zero-order valence-corrected chi connectivity index (χ0v) is 11.0. The number of nitrogen functional groups attached to an aromatic ring is 1. The largest absolute Gasteiger partial charge is 0.493 e. The molecule has 19 heavy (non-hydrogen) atoms. The van der Waals surface area contributed by atoms with E-state index in [1.54, 1.807) is 19.2 Å². The number of rotatable bonds is 5. The number of nitrogens with two attached hydrogens (primary N) is 1. The van der Waals surface area contributed by atoms with E-state index in [1.807, 2.05) is 24.3 Å². The van der Waals surface area contributed by atoms with E-state index in [2.05, 4.69) is 17.3 Å². The van der Waals surface area contributed by atoms with Crippen molar-refractivity contribution in [2.24, 2.45) is 5.84 Å². The lowest BCUT2D eigenvalue weighted by Crippen LogP contribution is -2.08. The lowest BCUT2D eigenvalue weighted by atomic mass is 10.1. The van der Waals surface area contributed by atoms with Crippen molar-refractivity contribution in [3.8, 4) is 17.4 Å². The van der Waals surface area contributed by atoms with Gasteiger partial charge >= 0.3 is 0 Å². The fourth-order valence-corrected chi connectivity index (χ4v) is 1.68. The Labute approximate surface area is 112 Å². The molecule has 0 fully saturated rings. The van der Waals surface area contributed by atoms with Crippen LogP contribution in [0.4, 0.5) is 5.82 Å². The maximum Gasteiger partial charge on any atom is 0.221 e. The van der Waals surface area contributed by atoms with Crippen LogP contribution >= 0.6 is 0 Å². The highest BCUT2D eigenvalue weighted by atomic mass is 16.5. The molecule has 1 heterocycles. The van der Waals surface area contributed by atoms with Crippen molar-refractivity contribution >= 4 is 5.82 Å². The second kappa shape index (κ2) is 6.06. The molecule has 2 rings (SSSR count). The monoisotopic (exact) mass is 259 g/mol. The smallest absolute Gasteiger partial charge is 0.221 e. The molecule has 5 nitrogen and oxygen atoms in total. The van der Waals surface area contributed by atoms with Crippen molar-refractivity contribution < 1.29 is 9.47 Å². The maximum absolute atomic E-state index is 5.71. The molecule has 0 radical (unpaired) electrons. The first-order valence-corrected chi connectivity index (χ1v) is 6.05. The number of hydrogen-bond donors (Lipinski definition) is 2. The number of hydrazine groups is 1. The van der Waals surface area contributed by atoms with Crippen molar-refractivity contribution in [2.45, 2.75) is 13.3 Å². The average molecular weight is 259 g/mol. The molecule has 2 aromatic rings. The predicted octanol–water partition coefficient (Wildman–Crippen LogP) is 2.73. The van der Waals surface area contributed by atoms with E-state index in [1.165, 1.54) is 5.56 Å². The van der Waals surface area contributed by atoms with E-state index < -0.39 is 0 Å². The van der Waals surface area contributed by atoms with Crippen molar-refractivity contribution in [3.05, 3.63) is 42.0 Å². The molecular formula is C14H17N3O2. The summed E-state index contributed by atoms with van der Waals surface area (Å²) in [6, 6.07) is 11.2. The SMILES string of the molecule is CCc1ccc(Oc2cccc(NN)n2)c(OC)c1. The van der Waals surface area contributed by atoms with Crippen LogP contribution in [-0.4, -0.2) is 12.1 Å². The number of benzene rings is 1. The maximum atomic E-state index is 5.71. The van der Waals surface area contributed by atoms with Crippen LogP contribution in [0.3, 0.4) is 0 Å². The number of pyridine rings is 1. The third-order valence-corrected chi connectivity index (χ3v) is 2.72. The third kappa shape index (κ3) is 3.14. The van der Waals surface area contributed by atoms with Crippen molar-refractivity contribution in [2.75, 3.05) is 12.5 Å². The normalized spacial score (nSPS) is 10.1. The molecule has 1 aromatic carbocycles. The van der Waals surface area contributed by atoms with Gasteiger partial charge in [0.1, 0.15) is 5.82 Å². The van der Waals surface area contributed by atoms with Gasteiger partial charge in [0.2, 0.25) is 5.88 Å². The van der Waals surface area contributed by atoms with Gasteiger partial charge in [0.15, 0.2) is 11.5 Å². The lowest BCUT2D eigenvalue weighted by Gasteiger charge is -2.11. The lowest BCUT2D eigenvalue weighted by molar-refractivity contribution is 0.374. The second-order valence-electron chi connectivity index (χ2n) is 3.95. The van der Waals surface area contributed by atoms with Gasteiger partial charge in [-0.1, -0.05) is 19.1 Å². The molecule has 0 saturated heterocycles. The Hall–Kier alpha value is -2.27. The molecule has 3 N–H and O–H groups in total. The van der Waals surface area contributed by atoms with Crippen LogP contribution in [0.1, 0.15) is 12.5 Å². The highest BCUT2D eigenvalue weighted by Gasteiger charge is 2.07. The molecule has 0 spiro atoms. The molecule has 0 saturated carbocycles. The summed E-state index contributed by atoms with van der Waals surface area (Å²) in [5.41, 5.74) is 3.67. The second-order valence-corrected chi connectivity index (χ2v) is 3.95. The molecule has 0 unspecified atom stereocenters. The van der Waals surface area contributed by atoms with Crippen molar-refractivity contribution in [3.63, 3.8) is 0 Å². The molecule has 0 atom stereocenters. The summed E-state index contributed by atoms with van der Waals surface area (Å²) in [7, 11) is 1.62. The number of aromatic nitrogens is 1. The zero-order valence-electron chi connectivity index (χ0n) is 11.0. The standard InChI is InChI=1S/C14H17N3O2/c1-3-10-7-8-11(12(9-10)18-2)19-14-6-4-5-13(16-14)17-15/h4-9H,3,15H2,1-2H3,(H,16,17). The van der Waals surface area contributed by atoms with Crippen LogP contribution in [0.15, 0.2) is 36.4 Å². The highest BCUT2D eigenvalue weighted by molar-refractivity contribution is 5.45. The summed E-state index contributed by atoms with van der Waals surface area (Å²) in [4.78, 5) is 4.19. The Morgan fingerprint density at radius 2 is 2.05 bits per heavy atom. The fraction of sp³-hybridized carbons (Fsp3) is 0.214. The van der Waals surface area contributed by atoms with E-state index in [0.29, 0.717) is 23.2 Å². The van der Waals surface area contributed by atoms with E-state index in [9.17, 15) is 0 Å². The summed E-state index contributed by atoms with van der Waals surface area (Å²) in [5.74, 6) is 7.63. The first-order chi connectivity index (χ1) is 9.26. The first-order valence-electron chi connectivity index (χ1n) is 6.05. The van der Waals surface area contributed by atoms with Crippen LogP contribution in [0.5, 0.6) is 17.4 Å². The predicted molar refractivity (Wildman–Crippen MR) is 74.5 cm³/mol. The average Bonchev–Trinajstić information content (AvgIpc) is 2.48. The fourth-order valence-electron chi connectivity index (χ4n) is 1.68. The van der Waals surface area contributed by atoms with Crippen molar-refractivity contribution in [1.29, 1.82) is 0 Å². The van der Waals surface area contributed by atoms with Crippen molar-refractivity contribution in [1.82, 2.24) is 4.98 Å². The van der Waals surface area contributed by atoms with E-state index in [4.69, 9.17) is 15.3 Å². The molecular weight excluding hydrogens is 242 g/mol. The number of nitrogens with zero attached hydrogens (tertiary/aromatic N) is 1. The number of anilines is 1. The van der Waals surface area contributed by atoms with Gasteiger partial charge in [-0.3, -0.25) is 0 Å². The van der Waals surface area contributed by atoms with Gasteiger partial charge in [-0.2, -0.15) is 4.98 Å². The van der Waals surface area contributed by atoms with Crippen LogP contribution < -0.4 is 20.7 Å². The van der Waals surface area contributed by atoms with E-state index in [-0.39, 0.29) is 0 Å². The number of ether oxygens (including phenoxy) is 2. The quantitative estimate of drug-likeness (QED) is 0.638. The first kappa shape index (κ1) is 13.2. The number of methoxy groups -OCH3 is 1. The summed E-state index contributed by atoms with van der Waals surface area (Å²) in [6.07, 6.45) is 0.946. The molecule has 1 aromatic heterocycles. The van der Waals surface area contributed by atoms with Gasteiger partial charge < -0.3 is 14.9 Å². The summed E-state index contributed by atoms with van der Waals surface area (Å²) >= 11 is 0. The van der Waals surface area contributed by atoms with Gasteiger partial charge in [-0.25, -0.2) is 5.84 Å². The number of hydrogen-bond acceptors (Lipinski definition) is 5. The van der Waals surface area contributed by atoms with Crippen LogP contribution in [-0.2, 0) is 6.42 Å². The Bertz CT molecular complexity index is 558. The topological polar surface area (TPSA) is 69.4 Å². The number of nitrogens with one attached hydrogen (secondary N) is 1. The molecule has 0 aliphatic rings. The Morgan fingerprint density at radius 3 is 2.74 bits per heavy atom. The molecule has 0 aliphatic carbocycles. The molecule has 5 heteroatoms. The van der Waals surface area contributed by atoms with Gasteiger partial charge in [0.25, 0.3) is 0 Å². The molecule has 0 amide bonds. The highest BCUT2D eigenvalue weighted by Crippen LogP contribution is 2.31. The van der Waals surface area contributed by atoms with Gasteiger partial charge in [-0.05, 0) is 30.2 Å². The van der Waals surface area contributed by atoms with Gasteiger partial charge in [0, 0.05) is 6.07 Å². The summed E-state index contributed by atoms with van der Waals surface area (Å²) < 4.78 is 11.0. The minimum Gasteiger partial charge on any atom is -0.493 e. The Morgan fingerprint density at radius 1 is 1.21 bits per heavy atom. The molecule has 100 valence electrons. The van der Waals surface area contributed by atoms with Crippen LogP contribution in [0.25, 0.3) is 0 Å². The van der Waals surface area contributed by atoms with Crippen LogP contribution in [0.2, 0.25) is 0 Å². The third-order valence-electron chi connectivity index (χ3n) is 2.72.